The average molecular weight is 1070 g/mol. The van der Waals surface area contributed by atoms with Crippen LogP contribution in [0.1, 0.15) is 76.9 Å². The molecule has 0 aliphatic carbocycles. The fourth-order valence-corrected chi connectivity index (χ4v) is 12.7. The van der Waals surface area contributed by atoms with Crippen molar-refractivity contribution in [1.82, 2.24) is 38.9 Å². The molecule has 0 fully saturated rings. The quantitative estimate of drug-likeness (QED) is 0.163. The van der Waals surface area contributed by atoms with E-state index < -0.39 is 0 Å². The smallest absolute Gasteiger partial charge is 0.259 e. The Morgan fingerprint density at radius 2 is 0.790 bits per heavy atom. The predicted molar refractivity (Wildman–Crippen MR) is 323 cm³/mol. The van der Waals surface area contributed by atoms with Crippen molar-refractivity contribution in [3.63, 3.8) is 0 Å². The molecule has 5 aliphatic heterocycles. The SMILES string of the molecule is CN(C)c1cc2cc(n1)CCCn1cc(c3ccccc31)C1=C(C(=O)NC1=O)c1cn(c3ccccc13)CCC2.CN(C)c1nc2ccc1CCCCn1cc(c3ccccc31)C1=C(C(=O)NC1=O)c1cn(c3ccccc13)CCC2. The molecule has 0 radical (unpaired) electrons. The average Bonchev–Trinajstić information content (AvgIpc) is 4.50. The van der Waals surface area contributed by atoms with E-state index in [9.17, 15) is 19.2 Å². The lowest BCUT2D eigenvalue weighted by Gasteiger charge is -2.18. The molecule has 0 unspecified atom stereocenters. The number of fused-ring (bicyclic) bond motifs is 23. The van der Waals surface area contributed by atoms with Gasteiger partial charge in [-0.05, 0) is 111 Å². The summed E-state index contributed by atoms with van der Waals surface area (Å²) < 4.78 is 8.88. The number of para-hydroxylation sites is 4. The molecule has 12 bridgehead atoms. The van der Waals surface area contributed by atoms with Crippen molar-refractivity contribution >= 4 is 101 Å². The molecular weight excluding hydrogens is 1010 g/mol. The van der Waals surface area contributed by atoms with Crippen LogP contribution < -0.4 is 20.4 Å². The Kier molecular flexibility index (Phi) is 13.3. The maximum absolute atomic E-state index is 13.4. The minimum absolute atomic E-state index is 0.334. The fourth-order valence-electron chi connectivity index (χ4n) is 12.7. The van der Waals surface area contributed by atoms with E-state index in [4.69, 9.17) is 9.97 Å². The zero-order chi connectivity index (χ0) is 55.5. The molecular formula is C67H64N10O4. The number of benzene rings is 4. The third-order valence-corrected chi connectivity index (χ3v) is 16.5. The Balaban J connectivity index is 0.000000153. The standard InChI is InChI=1S/C34H33N5O2.C33H31N5O2/c1-37(2)32-22-10-7-8-18-38-20-26(24-12-3-5-14-28(24)38)30-31(34(41)36-33(30)40)27-21-39(29-15-6-4-13-25(27)29)19-9-11-23(35-32)17-16-22;1-36(2)29-18-21-9-7-15-37-19-25(23-11-3-5-13-27(23)37)30-31(33(40)35-32(30)39)26-20-38(16-8-10-22(17-21)34-29)28-14-6-4-12-24(26)28/h3-6,12-17,20-21H,7-11,18-19H2,1-2H3,(H,36,40,41);3-6,11-14,17-20H,7-10,15-16H2,1-2H3,(H,35,39,40). The van der Waals surface area contributed by atoms with E-state index in [0.29, 0.717) is 22.3 Å². The number of amides is 4. The predicted octanol–water partition coefficient (Wildman–Crippen LogP) is 10.8. The number of pyridine rings is 2. The first kappa shape index (κ1) is 51.2. The monoisotopic (exact) mass is 1070 g/mol. The van der Waals surface area contributed by atoms with Crippen LogP contribution >= 0.6 is 0 Å². The molecule has 14 nitrogen and oxygen atoms in total. The number of hydrogen-bond acceptors (Lipinski definition) is 8. The first-order chi connectivity index (χ1) is 39.5. The molecule has 14 heteroatoms. The molecule has 0 spiro atoms. The molecule has 0 atom stereocenters. The van der Waals surface area contributed by atoms with Gasteiger partial charge in [-0.25, -0.2) is 9.97 Å². The molecule has 4 aromatic carbocycles. The van der Waals surface area contributed by atoms with Crippen LogP contribution in [0, 0.1) is 0 Å². The molecule has 81 heavy (non-hydrogen) atoms. The maximum Gasteiger partial charge on any atom is 0.259 e. The highest BCUT2D eigenvalue weighted by atomic mass is 16.2. The number of aryl methyl sites for hydroxylation is 8. The second-order valence-corrected chi connectivity index (χ2v) is 22.2. The van der Waals surface area contributed by atoms with Crippen LogP contribution in [-0.4, -0.2) is 80.1 Å². The highest BCUT2D eigenvalue weighted by Gasteiger charge is 2.37. The second kappa shape index (κ2) is 21.1. The topological polar surface area (TPSA) is 144 Å². The lowest BCUT2D eigenvalue weighted by molar-refractivity contribution is -0.124. The lowest BCUT2D eigenvalue weighted by atomic mass is 9.95. The van der Waals surface area contributed by atoms with Crippen molar-refractivity contribution in [1.29, 1.82) is 0 Å². The molecule has 0 saturated heterocycles. The normalized spacial score (nSPS) is 16.0. The van der Waals surface area contributed by atoms with Crippen LogP contribution in [0.4, 0.5) is 11.6 Å². The van der Waals surface area contributed by atoms with Crippen molar-refractivity contribution in [2.75, 3.05) is 38.0 Å². The summed E-state index contributed by atoms with van der Waals surface area (Å²) in [6.07, 6.45) is 16.6. The van der Waals surface area contributed by atoms with Gasteiger partial charge in [0, 0.05) is 156 Å². The van der Waals surface area contributed by atoms with Crippen LogP contribution in [0.5, 0.6) is 0 Å². The molecule has 15 rings (SSSR count). The van der Waals surface area contributed by atoms with E-state index in [1.807, 2.05) is 99.3 Å². The number of nitrogens with one attached hydrogen (secondary N) is 2. The first-order valence-corrected chi connectivity index (χ1v) is 28.3. The summed E-state index contributed by atoms with van der Waals surface area (Å²) in [5, 5.41) is 9.12. The zero-order valence-electron chi connectivity index (χ0n) is 46.3. The molecule has 2 N–H and O–H groups in total. The summed E-state index contributed by atoms with van der Waals surface area (Å²) in [7, 11) is 8.21. The van der Waals surface area contributed by atoms with Crippen molar-refractivity contribution in [2.45, 2.75) is 84.0 Å². The summed E-state index contributed by atoms with van der Waals surface area (Å²) in [5.41, 5.74) is 14.0. The molecule has 0 saturated carbocycles. The number of carbonyl (C=O) groups is 4. The van der Waals surface area contributed by atoms with Gasteiger partial charge < -0.3 is 28.1 Å². The van der Waals surface area contributed by atoms with Gasteiger partial charge in [-0.2, -0.15) is 0 Å². The molecule has 6 aromatic heterocycles. The van der Waals surface area contributed by atoms with Crippen LogP contribution in [0.2, 0.25) is 0 Å². The minimum Gasteiger partial charge on any atom is -0.363 e. The van der Waals surface area contributed by atoms with Gasteiger partial charge in [-0.1, -0.05) is 78.9 Å². The van der Waals surface area contributed by atoms with Crippen LogP contribution in [0.3, 0.4) is 0 Å². The number of nitrogens with zero attached hydrogens (tertiary/aromatic N) is 8. The van der Waals surface area contributed by atoms with Gasteiger partial charge in [0.1, 0.15) is 11.6 Å². The van der Waals surface area contributed by atoms with Crippen LogP contribution in [-0.2, 0) is 71.0 Å². The van der Waals surface area contributed by atoms with Gasteiger partial charge in [-0.15, -0.1) is 0 Å². The van der Waals surface area contributed by atoms with E-state index in [1.54, 1.807) is 0 Å². The zero-order valence-corrected chi connectivity index (χ0v) is 46.3. The van der Waals surface area contributed by atoms with E-state index >= 15 is 0 Å². The van der Waals surface area contributed by atoms with Crippen LogP contribution in [0.25, 0.3) is 65.9 Å². The van der Waals surface area contributed by atoms with Gasteiger partial charge in [0.2, 0.25) is 0 Å². The van der Waals surface area contributed by atoms with Crippen molar-refractivity contribution in [3.8, 4) is 0 Å². The third-order valence-electron chi connectivity index (χ3n) is 16.5. The van der Waals surface area contributed by atoms with Gasteiger partial charge in [-0.3, -0.25) is 29.8 Å². The van der Waals surface area contributed by atoms with Gasteiger partial charge in [0.15, 0.2) is 0 Å². The Labute approximate surface area is 470 Å². The lowest BCUT2D eigenvalue weighted by Crippen LogP contribution is -2.22. The summed E-state index contributed by atoms with van der Waals surface area (Å²) in [4.78, 5) is 67.7. The van der Waals surface area contributed by atoms with E-state index in [1.165, 1.54) is 11.1 Å². The van der Waals surface area contributed by atoms with Gasteiger partial charge in [0.25, 0.3) is 23.6 Å². The summed E-state index contributed by atoms with van der Waals surface area (Å²) in [6, 6.07) is 41.4. The number of hydrogen-bond donors (Lipinski definition) is 2. The maximum atomic E-state index is 13.4. The number of rotatable bonds is 2. The van der Waals surface area contributed by atoms with E-state index in [-0.39, 0.29) is 23.6 Å². The van der Waals surface area contributed by atoms with Gasteiger partial charge in [0.05, 0.1) is 22.3 Å². The molecule has 5 aliphatic rings. The highest BCUT2D eigenvalue weighted by molar-refractivity contribution is 6.51. The summed E-state index contributed by atoms with van der Waals surface area (Å²) >= 11 is 0. The van der Waals surface area contributed by atoms with Crippen molar-refractivity contribution in [3.05, 3.63) is 191 Å². The number of aromatic nitrogens is 6. The number of imide groups is 2. The van der Waals surface area contributed by atoms with Crippen LogP contribution in [0.15, 0.2) is 146 Å². The fraction of sp³-hybridized carbons (Fsp3) is 0.254. The third kappa shape index (κ3) is 9.37. The van der Waals surface area contributed by atoms with E-state index in [2.05, 4.69) is 114 Å². The number of carbonyl (C=O) groups excluding carboxylic acids is 4. The Morgan fingerprint density at radius 3 is 1.21 bits per heavy atom. The molecule has 11 heterocycles. The van der Waals surface area contributed by atoms with Gasteiger partial charge >= 0.3 is 0 Å². The Bertz CT molecular complexity index is 4150. The minimum atomic E-state index is -0.339. The van der Waals surface area contributed by atoms with Crippen molar-refractivity contribution in [2.24, 2.45) is 0 Å². The largest absolute Gasteiger partial charge is 0.363 e. The summed E-state index contributed by atoms with van der Waals surface area (Å²) in [5.74, 6) is 0.686. The molecule has 10 aromatic rings. The van der Waals surface area contributed by atoms with E-state index in [0.717, 1.165) is 173 Å². The first-order valence-electron chi connectivity index (χ1n) is 28.3. The highest BCUT2D eigenvalue weighted by Crippen LogP contribution is 2.41. The summed E-state index contributed by atoms with van der Waals surface area (Å²) in [6.45, 7) is 3.17. The molecule has 406 valence electrons. The molecule has 4 amide bonds. The van der Waals surface area contributed by atoms with Crippen molar-refractivity contribution < 1.29 is 19.2 Å². The second-order valence-electron chi connectivity index (χ2n) is 22.2. The Hall–Kier alpha value is -9.30. The Morgan fingerprint density at radius 1 is 0.395 bits per heavy atom. The number of anilines is 2.